The van der Waals surface area contributed by atoms with Crippen LogP contribution in [0.4, 0.5) is 18.9 Å². The van der Waals surface area contributed by atoms with E-state index in [-0.39, 0.29) is 17.9 Å². The highest BCUT2D eigenvalue weighted by molar-refractivity contribution is 5.84. The van der Waals surface area contributed by atoms with Gasteiger partial charge in [-0.25, -0.2) is 4.79 Å². The molecule has 0 fully saturated rings. The van der Waals surface area contributed by atoms with Crippen molar-refractivity contribution in [3.8, 4) is 5.75 Å². The highest BCUT2D eigenvalue weighted by Crippen LogP contribution is 2.32. The summed E-state index contributed by atoms with van der Waals surface area (Å²) < 4.78 is 52.7. The molecule has 0 atom stereocenters. The normalized spacial score (nSPS) is 11.7. The zero-order chi connectivity index (χ0) is 18.3. The molecule has 1 N–H and O–H groups in total. The van der Waals surface area contributed by atoms with Crippen LogP contribution < -0.4 is 10.1 Å². The number of halogens is 3. The van der Waals surface area contributed by atoms with E-state index < -0.39 is 23.8 Å². The Morgan fingerprint density at radius 3 is 2.33 bits per heavy atom. The third-order valence-electron chi connectivity index (χ3n) is 2.88. The largest absolute Gasteiger partial charge is 0.495 e. The average molecular weight is 347 g/mol. The zero-order valence-electron chi connectivity index (χ0n) is 13.2. The van der Waals surface area contributed by atoms with Crippen LogP contribution in [0.25, 0.3) is 0 Å². The van der Waals surface area contributed by atoms with Crippen molar-refractivity contribution >= 4 is 17.6 Å². The molecule has 6 nitrogen and oxygen atoms in total. The first-order chi connectivity index (χ1) is 11.2. The molecule has 1 aromatic carbocycles. The van der Waals surface area contributed by atoms with Crippen molar-refractivity contribution in [3.63, 3.8) is 0 Å². The van der Waals surface area contributed by atoms with E-state index in [1.165, 1.54) is 32.4 Å². The number of esters is 2. The van der Waals surface area contributed by atoms with Gasteiger partial charge >= 0.3 is 18.1 Å². The Morgan fingerprint density at radius 1 is 1.17 bits per heavy atom. The molecule has 0 aliphatic carbocycles. The number of hydrogen-bond acceptors (Lipinski definition) is 6. The molecule has 1 aromatic rings. The Morgan fingerprint density at radius 2 is 1.83 bits per heavy atom. The van der Waals surface area contributed by atoms with E-state index in [9.17, 15) is 22.8 Å². The molecule has 0 saturated carbocycles. The lowest BCUT2D eigenvalue weighted by atomic mass is 10.1. The molecule has 0 saturated heterocycles. The van der Waals surface area contributed by atoms with Gasteiger partial charge in [0, 0.05) is 0 Å². The lowest BCUT2D eigenvalue weighted by molar-refractivity contribution is -0.139. The van der Waals surface area contributed by atoms with Crippen LogP contribution in [0.15, 0.2) is 30.0 Å². The average Bonchev–Trinajstić information content (AvgIpc) is 2.53. The van der Waals surface area contributed by atoms with Crippen molar-refractivity contribution in [3.05, 3.63) is 35.5 Å². The summed E-state index contributed by atoms with van der Waals surface area (Å²) in [4.78, 5) is 22.3. The van der Waals surface area contributed by atoms with Gasteiger partial charge in [-0.05, 0) is 17.7 Å². The maximum Gasteiger partial charge on any atom is 0.431 e. The Balaban J connectivity index is 3.13. The Labute approximate surface area is 136 Å². The second-order valence-corrected chi connectivity index (χ2v) is 4.49. The van der Waals surface area contributed by atoms with Crippen LogP contribution in [-0.4, -0.2) is 39.4 Å². The van der Waals surface area contributed by atoms with Gasteiger partial charge in [0.1, 0.15) is 11.4 Å². The first-order valence-electron chi connectivity index (χ1n) is 6.58. The van der Waals surface area contributed by atoms with Crippen molar-refractivity contribution in [2.45, 2.75) is 12.6 Å². The van der Waals surface area contributed by atoms with E-state index in [0.29, 0.717) is 11.6 Å². The molecule has 0 aliphatic rings. The summed E-state index contributed by atoms with van der Waals surface area (Å²) in [5.41, 5.74) is -0.846. The number of rotatable bonds is 6. The minimum atomic E-state index is -4.80. The van der Waals surface area contributed by atoms with Crippen LogP contribution in [0.2, 0.25) is 0 Å². The number of alkyl halides is 3. The molecular formula is C15H16F3NO5. The summed E-state index contributed by atoms with van der Waals surface area (Å²) in [5.74, 6) is -1.59. The highest BCUT2D eigenvalue weighted by Gasteiger charge is 2.35. The third-order valence-corrected chi connectivity index (χ3v) is 2.88. The lowest BCUT2D eigenvalue weighted by Gasteiger charge is -2.17. The van der Waals surface area contributed by atoms with Crippen LogP contribution in [0.5, 0.6) is 5.75 Å². The van der Waals surface area contributed by atoms with Gasteiger partial charge in [0.2, 0.25) is 0 Å². The number of anilines is 1. The summed E-state index contributed by atoms with van der Waals surface area (Å²) in [6.07, 6.45) is -4.57. The number of hydrogen-bond donors (Lipinski definition) is 1. The fourth-order valence-corrected chi connectivity index (χ4v) is 1.70. The summed E-state index contributed by atoms with van der Waals surface area (Å²) >= 11 is 0. The fraction of sp³-hybridized carbons (Fsp3) is 0.333. The topological polar surface area (TPSA) is 73.9 Å². The van der Waals surface area contributed by atoms with E-state index >= 15 is 0 Å². The minimum absolute atomic E-state index is 0.0291. The number of methoxy groups -OCH3 is 3. The maximum atomic E-state index is 13.0. The summed E-state index contributed by atoms with van der Waals surface area (Å²) in [5, 5.41) is 2.09. The number of benzene rings is 1. The molecule has 0 aliphatic heterocycles. The van der Waals surface area contributed by atoms with Crippen LogP contribution in [-0.2, 0) is 25.5 Å². The maximum absolute atomic E-state index is 13.0. The molecule has 0 amide bonds. The van der Waals surface area contributed by atoms with Gasteiger partial charge in [0.15, 0.2) is 0 Å². The molecule has 0 heterocycles. The van der Waals surface area contributed by atoms with Gasteiger partial charge in [0.05, 0.1) is 39.5 Å². The molecular weight excluding hydrogens is 331 g/mol. The van der Waals surface area contributed by atoms with Crippen molar-refractivity contribution in [2.75, 3.05) is 26.6 Å². The van der Waals surface area contributed by atoms with Crippen LogP contribution >= 0.6 is 0 Å². The molecule has 132 valence electrons. The highest BCUT2D eigenvalue weighted by atomic mass is 19.4. The van der Waals surface area contributed by atoms with E-state index in [2.05, 4.69) is 14.8 Å². The second kappa shape index (κ2) is 8.23. The van der Waals surface area contributed by atoms with Crippen molar-refractivity contribution in [2.24, 2.45) is 0 Å². The van der Waals surface area contributed by atoms with E-state index in [1.807, 2.05) is 0 Å². The van der Waals surface area contributed by atoms with Crippen molar-refractivity contribution < 1.29 is 37.0 Å². The Hall–Kier alpha value is -2.71. The van der Waals surface area contributed by atoms with E-state index in [0.717, 1.165) is 7.11 Å². The van der Waals surface area contributed by atoms with Crippen LogP contribution in [0.3, 0.4) is 0 Å². The van der Waals surface area contributed by atoms with Gasteiger partial charge in [0.25, 0.3) is 0 Å². The van der Waals surface area contributed by atoms with Gasteiger partial charge < -0.3 is 19.5 Å². The first kappa shape index (κ1) is 19.3. The molecule has 1 rings (SSSR count). The third kappa shape index (κ3) is 5.49. The van der Waals surface area contributed by atoms with E-state index in [4.69, 9.17) is 4.74 Å². The predicted octanol–water partition coefficient (Wildman–Crippen LogP) is 2.44. The molecule has 0 aromatic heterocycles. The molecule has 9 heteroatoms. The van der Waals surface area contributed by atoms with E-state index in [1.54, 1.807) is 0 Å². The zero-order valence-corrected chi connectivity index (χ0v) is 13.2. The minimum Gasteiger partial charge on any atom is -0.495 e. The smallest absolute Gasteiger partial charge is 0.431 e. The van der Waals surface area contributed by atoms with Gasteiger partial charge in [-0.1, -0.05) is 6.07 Å². The van der Waals surface area contributed by atoms with Gasteiger partial charge in [-0.3, -0.25) is 4.79 Å². The number of carbonyl (C=O) groups is 2. The van der Waals surface area contributed by atoms with Crippen molar-refractivity contribution in [1.29, 1.82) is 0 Å². The van der Waals surface area contributed by atoms with Crippen LogP contribution in [0.1, 0.15) is 5.56 Å². The number of ether oxygens (including phenoxy) is 3. The Kier molecular flexibility index (Phi) is 6.63. The second-order valence-electron chi connectivity index (χ2n) is 4.49. The predicted molar refractivity (Wildman–Crippen MR) is 78.5 cm³/mol. The van der Waals surface area contributed by atoms with Crippen LogP contribution in [0, 0.1) is 0 Å². The number of nitrogens with one attached hydrogen (secondary N) is 1. The summed E-state index contributed by atoms with van der Waals surface area (Å²) in [7, 11) is 3.46. The van der Waals surface area contributed by atoms with Gasteiger partial charge in [-0.15, -0.1) is 0 Å². The fourth-order valence-electron chi connectivity index (χ4n) is 1.70. The molecule has 0 spiro atoms. The molecule has 24 heavy (non-hydrogen) atoms. The lowest BCUT2D eigenvalue weighted by Crippen LogP contribution is -2.21. The molecule has 0 radical (unpaired) electrons. The quantitative estimate of drug-likeness (QED) is 0.629. The molecule has 0 unspecified atom stereocenters. The SMILES string of the molecule is COC(=O)/C=C(/Nc1ccc(CC(=O)OC)cc1OC)C(F)(F)F. The number of carbonyl (C=O) groups excluding carboxylic acids is 2. The monoisotopic (exact) mass is 347 g/mol. The Bertz CT molecular complexity index is 640. The number of allylic oxidation sites excluding steroid dienone is 1. The standard InChI is InChI=1S/C15H16F3NO5/c1-22-11-6-9(7-13(20)23-2)4-5-10(11)19-12(15(16,17)18)8-14(21)24-3/h4-6,8,19H,7H2,1-3H3/b12-8+. The van der Waals surface area contributed by atoms with Crippen molar-refractivity contribution in [1.82, 2.24) is 0 Å². The summed E-state index contributed by atoms with van der Waals surface area (Å²) in [6, 6.07) is 4.13. The van der Waals surface area contributed by atoms with Gasteiger partial charge in [-0.2, -0.15) is 13.2 Å². The molecule has 0 bridgehead atoms. The first-order valence-corrected chi connectivity index (χ1v) is 6.58. The summed E-state index contributed by atoms with van der Waals surface area (Å²) in [6.45, 7) is 0.